The summed E-state index contributed by atoms with van der Waals surface area (Å²) in [5.74, 6) is -0.213. The van der Waals surface area contributed by atoms with Gasteiger partial charge in [0.05, 0.1) is 12.0 Å². The van der Waals surface area contributed by atoms with Crippen LogP contribution >= 0.6 is 0 Å². The molecule has 0 spiro atoms. The predicted molar refractivity (Wildman–Crippen MR) is 67.7 cm³/mol. The molecule has 1 aromatic carbocycles. The second kappa shape index (κ2) is 5.90. The Balaban J connectivity index is 2.72. The summed E-state index contributed by atoms with van der Waals surface area (Å²) in [6.07, 6.45) is 0. The smallest absolute Gasteiger partial charge is 0.253 e. The summed E-state index contributed by atoms with van der Waals surface area (Å²) in [6.45, 7) is 2.25. The molecule has 0 radical (unpaired) electrons. The average molecular weight is 231 g/mol. The van der Waals surface area contributed by atoms with Crippen LogP contribution < -0.4 is 5.32 Å². The van der Waals surface area contributed by atoms with Crippen LogP contribution in [0.15, 0.2) is 24.3 Å². The molecule has 0 saturated carbocycles. The number of nitriles is 1. The molecule has 0 aliphatic carbocycles. The van der Waals surface area contributed by atoms with E-state index >= 15 is 0 Å². The molecule has 0 bridgehead atoms. The number of nitrogens with zero attached hydrogens (tertiary/aromatic N) is 2. The number of hydrogen-bond donors (Lipinski definition) is 1. The maximum absolute atomic E-state index is 12.0. The van der Waals surface area contributed by atoms with E-state index in [1.54, 1.807) is 31.0 Å². The van der Waals surface area contributed by atoms with E-state index in [1.807, 2.05) is 19.2 Å². The van der Waals surface area contributed by atoms with E-state index in [4.69, 9.17) is 5.26 Å². The van der Waals surface area contributed by atoms with Gasteiger partial charge in [0, 0.05) is 31.9 Å². The second-order valence-corrected chi connectivity index (χ2v) is 4.04. The highest BCUT2D eigenvalue weighted by molar-refractivity contribution is 5.94. The van der Waals surface area contributed by atoms with Crippen LogP contribution in [-0.4, -0.2) is 31.4 Å². The minimum atomic E-state index is -0.152. The molecule has 1 N–H and O–H groups in total. The van der Waals surface area contributed by atoms with E-state index in [0.29, 0.717) is 12.1 Å². The molecule has 0 aromatic heterocycles. The van der Waals surface area contributed by atoms with Crippen LogP contribution in [0.1, 0.15) is 17.3 Å². The fourth-order valence-electron chi connectivity index (χ4n) is 1.53. The van der Waals surface area contributed by atoms with Gasteiger partial charge in [0.2, 0.25) is 0 Å². The monoisotopic (exact) mass is 231 g/mol. The number of benzene rings is 1. The third-order valence-corrected chi connectivity index (χ3v) is 2.54. The van der Waals surface area contributed by atoms with Gasteiger partial charge in [-0.25, -0.2) is 0 Å². The summed E-state index contributed by atoms with van der Waals surface area (Å²) in [4.78, 5) is 13.6. The zero-order valence-electron chi connectivity index (χ0n) is 10.4. The van der Waals surface area contributed by atoms with Crippen molar-refractivity contribution in [2.45, 2.75) is 6.92 Å². The Morgan fingerprint density at radius 2 is 2.06 bits per heavy atom. The Bertz CT molecular complexity index is 419. The molecule has 0 aliphatic rings. The van der Waals surface area contributed by atoms with Crippen molar-refractivity contribution in [3.63, 3.8) is 0 Å². The molecule has 0 saturated heterocycles. The Morgan fingerprint density at radius 1 is 1.47 bits per heavy atom. The highest BCUT2D eigenvalue weighted by Crippen LogP contribution is 2.11. The number of nitrogens with one attached hydrogen (secondary N) is 1. The lowest BCUT2D eigenvalue weighted by Crippen LogP contribution is -2.30. The van der Waals surface area contributed by atoms with Gasteiger partial charge in [0.15, 0.2) is 0 Å². The largest absolute Gasteiger partial charge is 0.388 e. The molecule has 0 aliphatic heterocycles. The molecular weight excluding hydrogens is 214 g/mol. The fraction of sp³-hybridized carbons (Fsp3) is 0.385. The molecule has 4 nitrogen and oxygen atoms in total. The second-order valence-electron chi connectivity index (χ2n) is 4.04. The molecule has 0 fully saturated rings. The lowest BCUT2D eigenvalue weighted by molar-refractivity contribution is 0.0785. The standard InChI is InChI=1S/C13H17N3O/c1-10(8-14)9-16(3)13(17)11-4-6-12(15-2)7-5-11/h4-7,10,15H,9H2,1-3H3. The molecule has 90 valence electrons. The molecule has 1 unspecified atom stereocenters. The Kier molecular flexibility index (Phi) is 4.53. The van der Waals surface area contributed by atoms with Gasteiger partial charge in [0.1, 0.15) is 0 Å². The van der Waals surface area contributed by atoms with E-state index in [0.717, 1.165) is 5.69 Å². The minimum absolute atomic E-state index is 0.0604. The molecular formula is C13H17N3O. The molecule has 1 amide bonds. The molecule has 0 heterocycles. The van der Waals surface area contributed by atoms with Crippen LogP contribution in [0.5, 0.6) is 0 Å². The van der Waals surface area contributed by atoms with Gasteiger partial charge in [-0.3, -0.25) is 4.79 Å². The van der Waals surface area contributed by atoms with E-state index in [9.17, 15) is 4.79 Å². The van der Waals surface area contributed by atoms with Gasteiger partial charge in [-0.1, -0.05) is 0 Å². The lowest BCUT2D eigenvalue weighted by atomic mass is 10.1. The molecule has 1 atom stereocenters. The number of anilines is 1. The van der Waals surface area contributed by atoms with Crippen molar-refractivity contribution < 1.29 is 4.79 Å². The van der Waals surface area contributed by atoms with E-state index in [1.165, 1.54) is 0 Å². The SMILES string of the molecule is CNc1ccc(C(=O)N(C)CC(C)C#N)cc1. The number of rotatable bonds is 4. The van der Waals surface area contributed by atoms with Crippen LogP contribution in [0.25, 0.3) is 0 Å². The van der Waals surface area contributed by atoms with Crippen LogP contribution in [0.2, 0.25) is 0 Å². The first kappa shape index (κ1) is 13.0. The number of hydrogen-bond acceptors (Lipinski definition) is 3. The van der Waals surface area contributed by atoms with Crippen LogP contribution in [0, 0.1) is 17.2 Å². The van der Waals surface area contributed by atoms with Gasteiger partial charge >= 0.3 is 0 Å². The van der Waals surface area contributed by atoms with Gasteiger partial charge in [0.25, 0.3) is 5.91 Å². The maximum atomic E-state index is 12.0. The topological polar surface area (TPSA) is 56.1 Å². The van der Waals surface area contributed by atoms with Gasteiger partial charge in [-0.2, -0.15) is 5.26 Å². The fourth-order valence-corrected chi connectivity index (χ4v) is 1.53. The highest BCUT2D eigenvalue weighted by atomic mass is 16.2. The van der Waals surface area contributed by atoms with Crippen LogP contribution in [-0.2, 0) is 0 Å². The van der Waals surface area contributed by atoms with Crippen molar-refractivity contribution in [1.29, 1.82) is 5.26 Å². The van der Waals surface area contributed by atoms with E-state index < -0.39 is 0 Å². The van der Waals surface area contributed by atoms with Gasteiger partial charge < -0.3 is 10.2 Å². The summed E-state index contributed by atoms with van der Waals surface area (Å²) in [6, 6.07) is 9.39. The highest BCUT2D eigenvalue weighted by Gasteiger charge is 2.13. The average Bonchev–Trinajstić information content (AvgIpc) is 2.37. The first-order valence-electron chi connectivity index (χ1n) is 5.51. The van der Waals surface area contributed by atoms with Crippen LogP contribution in [0.3, 0.4) is 0 Å². The van der Waals surface area contributed by atoms with Crippen molar-refractivity contribution in [2.75, 3.05) is 26.0 Å². The number of amides is 1. The van der Waals surface area contributed by atoms with Crippen molar-refractivity contribution in [2.24, 2.45) is 5.92 Å². The van der Waals surface area contributed by atoms with Crippen molar-refractivity contribution in [1.82, 2.24) is 4.90 Å². The zero-order chi connectivity index (χ0) is 12.8. The normalized spacial score (nSPS) is 11.4. The number of carbonyl (C=O) groups is 1. The van der Waals surface area contributed by atoms with Crippen molar-refractivity contribution in [3.05, 3.63) is 29.8 Å². The molecule has 1 rings (SSSR count). The third-order valence-electron chi connectivity index (χ3n) is 2.54. The van der Waals surface area contributed by atoms with Crippen molar-refractivity contribution >= 4 is 11.6 Å². The Labute approximate surface area is 102 Å². The number of carbonyl (C=O) groups excluding carboxylic acids is 1. The molecule has 1 aromatic rings. The minimum Gasteiger partial charge on any atom is -0.388 e. The predicted octanol–water partition coefficient (Wildman–Crippen LogP) is 1.96. The Morgan fingerprint density at radius 3 is 2.53 bits per heavy atom. The van der Waals surface area contributed by atoms with Gasteiger partial charge in [-0.15, -0.1) is 0 Å². The Hall–Kier alpha value is -2.02. The van der Waals surface area contributed by atoms with Crippen LogP contribution in [0.4, 0.5) is 5.69 Å². The van der Waals surface area contributed by atoms with E-state index in [-0.39, 0.29) is 11.8 Å². The molecule has 17 heavy (non-hydrogen) atoms. The van der Waals surface area contributed by atoms with E-state index in [2.05, 4.69) is 11.4 Å². The first-order chi connectivity index (χ1) is 8.08. The quantitative estimate of drug-likeness (QED) is 0.861. The maximum Gasteiger partial charge on any atom is 0.253 e. The summed E-state index contributed by atoms with van der Waals surface area (Å²) < 4.78 is 0. The van der Waals surface area contributed by atoms with Crippen molar-refractivity contribution in [3.8, 4) is 6.07 Å². The summed E-state index contributed by atoms with van der Waals surface area (Å²) >= 11 is 0. The summed E-state index contributed by atoms with van der Waals surface area (Å²) in [7, 11) is 3.54. The first-order valence-corrected chi connectivity index (χ1v) is 5.51. The lowest BCUT2D eigenvalue weighted by Gasteiger charge is -2.18. The zero-order valence-corrected chi connectivity index (χ0v) is 10.4. The third kappa shape index (κ3) is 3.49. The van der Waals surface area contributed by atoms with Gasteiger partial charge in [-0.05, 0) is 31.2 Å². The summed E-state index contributed by atoms with van der Waals surface area (Å²) in [5, 5.41) is 11.7. The molecule has 4 heteroatoms. The summed E-state index contributed by atoms with van der Waals surface area (Å²) in [5.41, 5.74) is 1.60.